The van der Waals surface area contributed by atoms with Crippen LogP contribution in [-0.4, -0.2) is 107 Å². The number of hydrogen-bond acceptors (Lipinski definition) is 16. The van der Waals surface area contributed by atoms with E-state index in [1.165, 1.54) is 18.2 Å². The van der Waals surface area contributed by atoms with Crippen LogP contribution in [0.3, 0.4) is 0 Å². The Labute approximate surface area is 537 Å². The lowest BCUT2D eigenvalue weighted by molar-refractivity contribution is -0.435. The van der Waals surface area contributed by atoms with Crippen molar-refractivity contribution in [1.29, 1.82) is 0 Å². The zero-order valence-corrected chi connectivity index (χ0v) is 55.7. The summed E-state index contributed by atoms with van der Waals surface area (Å²) in [5.74, 6) is -0.914. The predicted octanol–water partition coefficient (Wildman–Crippen LogP) is 13.6. The molecule has 24 heteroatoms. The molecule has 0 aromatic heterocycles. The number of allylic oxidation sites excluding steroid dienone is 10. The lowest BCUT2D eigenvalue weighted by Crippen LogP contribution is -2.32. The molecule has 0 spiro atoms. The number of carboxylic acid groups (broad SMARTS) is 1. The van der Waals surface area contributed by atoms with E-state index in [0.29, 0.717) is 69.7 Å². The topological polar surface area (TPSA) is 265 Å². The third kappa shape index (κ3) is 14.8. The van der Waals surface area contributed by atoms with E-state index in [4.69, 9.17) is 19.2 Å². The van der Waals surface area contributed by atoms with Crippen LogP contribution in [0.2, 0.25) is 0 Å². The molecule has 0 aliphatic carbocycles. The molecular formula is C66H83N5O15S4+2. The van der Waals surface area contributed by atoms with Crippen molar-refractivity contribution in [1.82, 2.24) is 5.32 Å². The number of fused-ring (bicyclic) bond motifs is 4. The number of likely N-dealkylation sites (N-methyl/N-ethyl adjacent to an activating group) is 2. The van der Waals surface area contributed by atoms with Crippen LogP contribution in [0.25, 0.3) is 0 Å². The van der Waals surface area contributed by atoms with Gasteiger partial charge in [0.05, 0.1) is 51.3 Å². The molecule has 484 valence electrons. The minimum atomic E-state index is -4.52. The van der Waals surface area contributed by atoms with Gasteiger partial charge < -0.3 is 20.2 Å². The fraction of sp³-hybridized carbons (Fsp3) is 0.424. The van der Waals surface area contributed by atoms with Gasteiger partial charge in [0.15, 0.2) is 18.0 Å². The first-order valence-electron chi connectivity index (χ1n) is 30.3. The van der Waals surface area contributed by atoms with Crippen molar-refractivity contribution in [2.75, 3.05) is 42.5 Å². The number of hydrogen-bond donors (Lipinski definition) is 6. The van der Waals surface area contributed by atoms with Crippen molar-refractivity contribution in [3.05, 3.63) is 155 Å². The normalized spacial score (nSPS) is 20.2. The molecule has 0 radical (unpaired) electrons. The van der Waals surface area contributed by atoms with E-state index in [9.17, 15) is 40.6 Å². The Morgan fingerprint density at radius 3 is 1.69 bits per heavy atom. The van der Waals surface area contributed by atoms with Crippen LogP contribution in [0.1, 0.15) is 149 Å². The molecule has 4 aliphatic heterocycles. The van der Waals surface area contributed by atoms with Crippen LogP contribution in [0, 0.1) is 0 Å². The van der Waals surface area contributed by atoms with Crippen LogP contribution >= 0.6 is 24.1 Å². The molecule has 2 unspecified atom stereocenters. The highest BCUT2D eigenvalue weighted by atomic mass is 32.2. The third-order valence-corrected chi connectivity index (χ3v) is 20.9. The van der Waals surface area contributed by atoms with Gasteiger partial charge in [-0.1, -0.05) is 73.9 Å². The third-order valence-electron chi connectivity index (χ3n) is 18.1. The van der Waals surface area contributed by atoms with E-state index < -0.39 is 47.9 Å². The molecule has 90 heavy (non-hydrogen) atoms. The number of rotatable bonds is 31. The number of nitrogens with one attached hydrogen (secondary N) is 1. The van der Waals surface area contributed by atoms with Crippen molar-refractivity contribution < 1.29 is 79.0 Å². The molecule has 4 heterocycles. The highest BCUT2D eigenvalue weighted by molar-refractivity contribution is 7.94. The minimum Gasteiger partial charge on any atom is -0.481 e. The summed E-state index contributed by atoms with van der Waals surface area (Å²) in [6, 6.07) is 21.2. The molecule has 2 atom stereocenters. The fourth-order valence-electron chi connectivity index (χ4n) is 13.6. The summed E-state index contributed by atoms with van der Waals surface area (Å²) in [6.07, 6.45) is 22.1. The molecule has 8 rings (SSSR count). The highest BCUT2D eigenvalue weighted by Gasteiger charge is 2.49. The molecule has 4 aromatic carbocycles. The Bertz CT molecular complexity index is 3840. The molecule has 1 amide bonds. The summed E-state index contributed by atoms with van der Waals surface area (Å²) in [4.78, 5) is 30.3. The zero-order chi connectivity index (χ0) is 65.4. The van der Waals surface area contributed by atoms with Gasteiger partial charge in [0.2, 0.25) is 17.3 Å². The first kappa shape index (κ1) is 69.6. The number of unbranched alkanes of at least 4 members (excludes halogenated alkanes) is 4. The first-order chi connectivity index (χ1) is 42.7. The van der Waals surface area contributed by atoms with Gasteiger partial charge >= 0.3 is 5.97 Å². The molecule has 4 aromatic rings. The number of carbonyl (C=O) groups is 2. The highest BCUT2D eigenvalue weighted by Crippen LogP contribution is 2.53. The monoisotopic (exact) mass is 1310 g/mol. The average Bonchev–Trinajstić information content (AvgIpc) is 1.74. The van der Waals surface area contributed by atoms with Crippen LogP contribution in [0.4, 0.5) is 22.7 Å². The summed E-state index contributed by atoms with van der Waals surface area (Å²) in [7, 11) is -8.94. The Morgan fingerprint density at radius 2 is 1.11 bits per heavy atom. The van der Waals surface area contributed by atoms with Crippen LogP contribution < -0.4 is 15.1 Å². The van der Waals surface area contributed by atoms with Crippen molar-refractivity contribution in [3.63, 3.8) is 0 Å². The van der Waals surface area contributed by atoms with E-state index in [1.54, 1.807) is 18.2 Å². The lowest BCUT2D eigenvalue weighted by atomic mass is 9.75. The molecule has 6 N–H and O–H groups in total. The van der Waals surface area contributed by atoms with E-state index in [0.717, 1.165) is 116 Å². The second-order valence-corrected chi connectivity index (χ2v) is 28.7. The summed E-state index contributed by atoms with van der Waals surface area (Å²) >= 11 is 1.76. The van der Waals surface area contributed by atoms with Crippen LogP contribution in [0.5, 0.6) is 0 Å². The van der Waals surface area contributed by atoms with Gasteiger partial charge in [-0.2, -0.15) is 26.0 Å². The lowest BCUT2D eigenvalue weighted by Gasteiger charge is -2.30. The summed E-state index contributed by atoms with van der Waals surface area (Å²) in [5, 5.41) is 38.0. The van der Waals surface area contributed by atoms with Gasteiger partial charge in [-0.15, -0.1) is 8.67 Å². The van der Waals surface area contributed by atoms with Crippen molar-refractivity contribution in [2.24, 2.45) is 0 Å². The minimum absolute atomic E-state index is 0.0985. The van der Waals surface area contributed by atoms with Crippen LogP contribution in [-0.2, 0) is 70.2 Å². The summed E-state index contributed by atoms with van der Waals surface area (Å²) < 4.78 is 83.6. The summed E-state index contributed by atoms with van der Waals surface area (Å²) in [5.41, 5.74) is 8.98. The van der Waals surface area contributed by atoms with Crippen LogP contribution in [0.15, 0.2) is 152 Å². The van der Waals surface area contributed by atoms with E-state index in [2.05, 4.69) is 87.2 Å². The Hall–Kier alpha value is -6.26. The Morgan fingerprint density at radius 1 is 0.578 bits per heavy atom. The molecule has 0 saturated carbocycles. The second-order valence-electron chi connectivity index (χ2n) is 24.3. The number of benzene rings is 4. The molecule has 0 bridgehead atoms. The van der Waals surface area contributed by atoms with Crippen molar-refractivity contribution in [3.8, 4) is 0 Å². The van der Waals surface area contributed by atoms with Gasteiger partial charge in [0.25, 0.3) is 20.2 Å². The van der Waals surface area contributed by atoms with Crippen molar-refractivity contribution >= 4 is 90.4 Å². The maximum atomic E-state index is 13.7. The molecule has 0 fully saturated rings. The number of carboxylic acids is 1. The number of anilines is 2. The Kier molecular flexibility index (Phi) is 22.5. The zero-order valence-electron chi connectivity index (χ0n) is 52.4. The number of nitrogens with zero attached hydrogens (tertiary/aromatic N) is 4. The molecule has 0 saturated heterocycles. The van der Waals surface area contributed by atoms with Gasteiger partial charge in [-0.3, -0.25) is 18.7 Å². The quantitative estimate of drug-likeness (QED) is 0.00520. The van der Waals surface area contributed by atoms with Gasteiger partial charge in [-0.05, 0) is 158 Å². The van der Waals surface area contributed by atoms with E-state index in [-0.39, 0.29) is 28.5 Å². The second kappa shape index (κ2) is 29.1. The van der Waals surface area contributed by atoms with Crippen molar-refractivity contribution in [2.45, 2.75) is 168 Å². The fourth-order valence-corrected chi connectivity index (χ4v) is 15.4. The number of amides is 1. The number of aliphatic carboxylic acids is 1. The van der Waals surface area contributed by atoms with Gasteiger partial charge in [0, 0.05) is 105 Å². The molecule has 20 nitrogen and oxygen atoms in total. The number of carbonyl (C=O) groups excluding carboxylic acids is 1. The largest absolute Gasteiger partial charge is 0.481 e. The summed E-state index contributed by atoms with van der Waals surface area (Å²) in [6.45, 7) is 21.4. The molecular weight excluding hydrogens is 1230 g/mol. The standard InChI is InChI=1S/C66H81N5O15S4/c1-10-68-53-35-31-47(89(77,78)79)43-50(53)64(6,7)57(68)25-22-26-58-63(4,5)49-41-45(87-85-83-75)29-33-54(49)71(58)40-39-67-61(72)27-18-14-20-38-66(9)52-44-48(90(80,81)82)32-36-56(52)70(12-3)60(66)24-17-13-16-23-59-65(8,37-21-15-19-28-62(73)74)51-42-46(88-86-84-76)30-34-55(51)69(59)11-2/h13,16-17,22-26,29-36,41-44H,10-12,14-15,18-21,27-28,37-40H2,1-9H3,(H4-2,67,72,73,74,75,76,77,78,79,80,81,82)/p+2. The maximum Gasteiger partial charge on any atom is 0.303 e. The maximum absolute atomic E-state index is 13.7. The predicted molar refractivity (Wildman–Crippen MR) is 349 cm³/mol. The smallest absolute Gasteiger partial charge is 0.303 e. The van der Waals surface area contributed by atoms with Gasteiger partial charge in [0.1, 0.15) is 6.54 Å². The average molecular weight is 1310 g/mol. The van der Waals surface area contributed by atoms with E-state index >= 15 is 0 Å². The first-order valence-corrected chi connectivity index (χ1v) is 34.7. The molecule has 4 aliphatic rings. The SMILES string of the molecule is CCN1C(=CC=CC2=[N+](CCNC(=O)CCCCCC3(C)C(=CC=CC=CC4=[N+](CC)c5ccc(SOOO)cc5C4(C)CCCCCC(=O)O)N(CC)c4ccc(S(=O)(=O)O)cc43)c3ccc(SOOO)cc3C2(C)C)C(C)(C)c2cc(S(=O)(=O)O)ccc21. The Balaban J connectivity index is 0.969. The van der Waals surface area contributed by atoms with Gasteiger partial charge in [-0.25, -0.2) is 10.5 Å². The van der Waals surface area contributed by atoms with E-state index in [1.807, 2.05) is 94.5 Å².